The predicted octanol–water partition coefficient (Wildman–Crippen LogP) is -0.386. The number of nitrogens with two attached hydrogens (primary N) is 1. The molecule has 0 unspecified atom stereocenters. The van der Waals surface area contributed by atoms with Gasteiger partial charge in [-0.2, -0.15) is 0 Å². The molecule has 3 N–H and O–H groups in total. The lowest BCUT2D eigenvalue weighted by Gasteiger charge is -2.04. The number of carbonyl (C=O) groups excluding carboxylic acids is 1. The van der Waals surface area contributed by atoms with Gasteiger partial charge in [0.25, 0.3) is 0 Å². The fourth-order valence-corrected chi connectivity index (χ4v) is 1.48. The quantitative estimate of drug-likeness (QED) is 0.749. The van der Waals surface area contributed by atoms with Crippen molar-refractivity contribution in [3.63, 3.8) is 0 Å². The molecule has 1 amide bonds. The lowest BCUT2D eigenvalue weighted by Crippen LogP contribution is -2.29. The number of pyridine rings is 1. The molecule has 2 aromatic rings. The first kappa shape index (κ1) is 12.0. The van der Waals surface area contributed by atoms with Crippen molar-refractivity contribution in [2.75, 3.05) is 12.3 Å². The highest BCUT2D eigenvalue weighted by Gasteiger charge is 2.03. The van der Waals surface area contributed by atoms with Crippen molar-refractivity contribution in [3.05, 3.63) is 36.4 Å². The van der Waals surface area contributed by atoms with Gasteiger partial charge in [0, 0.05) is 18.9 Å². The van der Waals surface area contributed by atoms with E-state index in [0.29, 0.717) is 6.54 Å². The maximum absolute atomic E-state index is 11.6. The largest absolute Gasteiger partial charge is 0.367 e. The van der Waals surface area contributed by atoms with Gasteiger partial charge >= 0.3 is 0 Å². The lowest BCUT2D eigenvalue weighted by molar-refractivity contribution is -0.121. The Morgan fingerprint density at radius 2 is 2.17 bits per heavy atom. The first-order valence-electron chi connectivity index (χ1n) is 5.54. The van der Waals surface area contributed by atoms with Crippen molar-refractivity contribution in [3.8, 4) is 0 Å². The summed E-state index contributed by atoms with van der Waals surface area (Å²) in [4.78, 5) is 19.2. The van der Waals surface area contributed by atoms with Crippen LogP contribution in [0.1, 0.15) is 5.56 Å². The molecule has 0 aliphatic rings. The summed E-state index contributed by atoms with van der Waals surface area (Å²) in [5, 5.41) is 6.63. The normalized spacial score (nSPS) is 10.2. The first-order valence-corrected chi connectivity index (χ1v) is 5.54. The molecule has 0 aliphatic carbocycles. The summed E-state index contributed by atoms with van der Waals surface area (Å²) < 4.78 is 1.40. The van der Waals surface area contributed by atoms with Gasteiger partial charge < -0.3 is 11.1 Å². The second-order valence-electron chi connectivity index (χ2n) is 3.76. The molecule has 2 aromatic heterocycles. The Morgan fingerprint density at radius 3 is 2.83 bits per heavy atom. The number of hydrogen-bond donors (Lipinski definition) is 2. The van der Waals surface area contributed by atoms with E-state index in [2.05, 4.69) is 20.4 Å². The van der Waals surface area contributed by atoms with E-state index in [9.17, 15) is 4.79 Å². The van der Waals surface area contributed by atoms with Crippen LogP contribution in [0.15, 0.2) is 30.9 Å². The number of nitrogen functional groups attached to an aromatic ring is 1. The van der Waals surface area contributed by atoms with Crippen LogP contribution in [-0.4, -0.2) is 32.2 Å². The van der Waals surface area contributed by atoms with Crippen molar-refractivity contribution < 1.29 is 4.79 Å². The van der Waals surface area contributed by atoms with Gasteiger partial charge in [-0.1, -0.05) is 0 Å². The van der Waals surface area contributed by atoms with Crippen LogP contribution in [-0.2, 0) is 17.8 Å². The van der Waals surface area contributed by atoms with Crippen LogP contribution in [0.2, 0.25) is 0 Å². The van der Waals surface area contributed by atoms with Crippen LogP contribution in [0.5, 0.6) is 0 Å². The summed E-state index contributed by atoms with van der Waals surface area (Å²) in [6, 6.07) is 3.84. The minimum Gasteiger partial charge on any atom is -0.367 e. The highest BCUT2D eigenvalue weighted by molar-refractivity contribution is 5.75. The third-order valence-corrected chi connectivity index (χ3v) is 2.35. The summed E-state index contributed by atoms with van der Waals surface area (Å²) in [6.07, 6.45) is 5.66. The zero-order valence-electron chi connectivity index (χ0n) is 9.78. The molecule has 0 saturated heterocycles. The van der Waals surface area contributed by atoms with Gasteiger partial charge in [-0.05, 0) is 24.1 Å². The van der Waals surface area contributed by atoms with E-state index < -0.39 is 0 Å². The standard InChI is InChI=1S/C11H14N6O/c12-11-15-8-17(16-11)7-10(18)14-6-3-9-1-4-13-5-2-9/h1-2,4-5,8H,3,6-7H2,(H2,12,16)(H,14,18). The number of carbonyl (C=O) groups is 1. The molecule has 0 radical (unpaired) electrons. The number of hydrogen-bond acceptors (Lipinski definition) is 5. The Balaban J connectivity index is 1.72. The highest BCUT2D eigenvalue weighted by Crippen LogP contribution is 1.96. The molecule has 2 rings (SSSR count). The van der Waals surface area contributed by atoms with Gasteiger partial charge in [-0.25, -0.2) is 9.67 Å². The van der Waals surface area contributed by atoms with Gasteiger partial charge in [0.1, 0.15) is 12.9 Å². The number of aromatic nitrogens is 4. The Hall–Kier alpha value is -2.44. The van der Waals surface area contributed by atoms with E-state index >= 15 is 0 Å². The summed E-state index contributed by atoms with van der Waals surface area (Å²) in [7, 11) is 0. The maximum Gasteiger partial charge on any atom is 0.241 e. The molecule has 2 heterocycles. The average molecular weight is 246 g/mol. The second-order valence-corrected chi connectivity index (χ2v) is 3.76. The first-order chi connectivity index (χ1) is 8.74. The second kappa shape index (κ2) is 5.76. The molecule has 0 aromatic carbocycles. The van der Waals surface area contributed by atoms with Gasteiger partial charge in [-0.15, -0.1) is 5.10 Å². The lowest BCUT2D eigenvalue weighted by atomic mass is 10.2. The Kier molecular flexibility index (Phi) is 3.85. The van der Waals surface area contributed by atoms with Crippen molar-refractivity contribution in [1.82, 2.24) is 25.1 Å². The minimum atomic E-state index is -0.117. The molecule has 0 aliphatic heterocycles. The molecular formula is C11H14N6O. The van der Waals surface area contributed by atoms with E-state index in [4.69, 9.17) is 5.73 Å². The van der Waals surface area contributed by atoms with E-state index in [1.165, 1.54) is 11.0 Å². The summed E-state index contributed by atoms with van der Waals surface area (Å²) in [6.45, 7) is 0.702. The van der Waals surface area contributed by atoms with Crippen molar-refractivity contribution in [1.29, 1.82) is 0 Å². The molecule has 94 valence electrons. The number of rotatable bonds is 5. The molecule has 7 heteroatoms. The van der Waals surface area contributed by atoms with Crippen molar-refractivity contribution in [2.24, 2.45) is 0 Å². The van der Waals surface area contributed by atoms with E-state index in [1.807, 2.05) is 12.1 Å². The Morgan fingerprint density at radius 1 is 1.39 bits per heavy atom. The molecule has 0 saturated carbocycles. The van der Waals surface area contributed by atoms with E-state index in [0.717, 1.165) is 12.0 Å². The number of anilines is 1. The fourth-order valence-electron chi connectivity index (χ4n) is 1.48. The van der Waals surface area contributed by atoms with Crippen molar-refractivity contribution >= 4 is 11.9 Å². The van der Waals surface area contributed by atoms with Crippen molar-refractivity contribution in [2.45, 2.75) is 13.0 Å². The zero-order valence-corrected chi connectivity index (χ0v) is 9.78. The predicted molar refractivity (Wildman–Crippen MR) is 65.4 cm³/mol. The van der Waals surface area contributed by atoms with Crippen LogP contribution in [0.25, 0.3) is 0 Å². The number of amides is 1. The van der Waals surface area contributed by atoms with Gasteiger partial charge in [0.2, 0.25) is 11.9 Å². The Bertz CT molecular complexity index is 509. The molecule has 0 atom stereocenters. The third kappa shape index (κ3) is 3.55. The van der Waals surface area contributed by atoms with Gasteiger partial charge in [-0.3, -0.25) is 9.78 Å². The third-order valence-electron chi connectivity index (χ3n) is 2.35. The highest BCUT2D eigenvalue weighted by atomic mass is 16.2. The summed E-state index contributed by atoms with van der Waals surface area (Å²) >= 11 is 0. The minimum absolute atomic E-state index is 0.117. The average Bonchev–Trinajstić information content (AvgIpc) is 2.76. The molecule has 0 fully saturated rings. The zero-order chi connectivity index (χ0) is 12.8. The maximum atomic E-state index is 11.6. The van der Waals surface area contributed by atoms with Crippen LogP contribution in [0.4, 0.5) is 5.95 Å². The van der Waals surface area contributed by atoms with Crippen LogP contribution in [0.3, 0.4) is 0 Å². The van der Waals surface area contributed by atoms with Gasteiger partial charge in [0.15, 0.2) is 0 Å². The topological polar surface area (TPSA) is 98.7 Å². The van der Waals surface area contributed by atoms with E-state index in [1.54, 1.807) is 12.4 Å². The van der Waals surface area contributed by atoms with Crippen LogP contribution >= 0.6 is 0 Å². The molecule has 7 nitrogen and oxygen atoms in total. The molecule has 18 heavy (non-hydrogen) atoms. The molecular weight excluding hydrogens is 232 g/mol. The SMILES string of the molecule is Nc1ncn(CC(=O)NCCc2ccncc2)n1. The number of nitrogens with one attached hydrogen (secondary N) is 1. The van der Waals surface area contributed by atoms with Crippen LogP contribution in [0, 0.1) is 0 Å². The summed E-state index contributed by atoms with van der Waals surface area (Å²) in [5.41, 5.74) is 6.48. The van der Waals surface area contributed by atoms with Crippen LogP contribution < -0.4 is 11.1 Å². The molecule has 0 bridgehead atoms. The summed E-state index contributed by atoms with van der Waals surface area (Å²) in [5.74, 6) is 0.0496. The Labute approximate surface area is 104 Å². The number of nitrogens with zero attached hydrogens (tertiary/aromatic N) is 4. The van der Waals surface area contributed by atoms with Gasteiger partial charge in [0.05, 0.1) is 0 Å². The fraction of sp³-hybridized carbons (Fsp3) is 0.273. The van der Waals surface area contributed by atoms with E-state index in [-0.39, 0.29) is 18.4 Å². The smallest absolute Gasteiger partial charge is 0.241 e. The molecule has 0 spiro atoms. The monoisotopic (exact) mass is 246 g/mol.